The van der Waals surface area contributed by atoms with E-state index in [1.807, 2.05) is 6.92 Å². The molecule has 7 heteroatoms. The number of aryl methyl sites for hydroxylation is 1. The SMILES string of the molecule is Cc1ccn2c(=O)c(C(=O)NCCOc3cccc(Cl)c3)cnc2c1. The van der Waals surface area contributed by atoms with Crippen LogP contribution in [0.25, 0.3) is 5.65 Å². The van der Waals surface area contributed by atoms with Crippen LogP contribution in [0.4, 0.5) is 0 Å². The maximum Gasteiger partial charge on any atom is 0.270 e. The lowest BCUT2D eigenvalue weighted by molar-refractivity contribution is 0.0945. The van der Waals surface area contributed by atoms with Gasteiger partial charge in [-0.3, -0.25) is 14.0 Å². The smallest absolute Gasteiger partial charge is 0.270 e. The van der Waals surface area contributed by atoms with Crippen LogP contribution in [0.3, 0.4) is 0 Å². The second-order valence-corrected chi connectivity index (χ2v) is 5.91. The molecular formula is C18H16ClN3O3. The monoisotopic (exact) mass is 357 g/mol. The number of nitrogens with zero attached hydrogens (tertiary/aromatic N) is 2. The lowest BCUT2D eigenvalue weighted by Crippen LogP contribution is -2.33. The number of amides is 1. The number of hydrogen-bond acceptors (Lipinski definition) is 4. The summed E-state index contributed by atoms with van der Waals surface area (Å²) in [5, 5.41) is 3.23. The second kappa shape index (κ2) is 7.36. The number of rotatable bonds is 5. The molecule has 3 aromatic rings. The minimum atomic E-state index is -0.484. The van der Waals surface area contributed by atoms with E-state index >= 15 is 0 Å². The summed E-state index contributed by atoms with van der Waals surface area (Å²) in [6.07, 6.45) is 2.91. The molecule has 3 rings (SSSR count). The van der Waals surface area contributed by atoms with E-state index in [9.17, 15) is 9.59 Å². The molecule has 2 heterocycles. The predicted octanol–water partition coefficient (Wildman–Crippen LogP) is 2.47. The lowest BCUT2D eigenvalue weighted by Gasteiger charge is -2.08. The van der Waals surface area contributed by atoms with Crippen molar-refractivity contribution in [3.05, 3.63) is 75.3 Å². The molecular weight excluding hydrogens is 342 g/mol. The number of carbonyl (C=O) groups is 1. The molecule has 0 saturated carbocycles. The first-order valence-electron chi connectivity index (χ1n) is 7.69. The van der Waals surface area contributed by atoms with Crippen molar-refractivity contribution >= 4 is 23.2 Å². The van der Waals surface area contributed by atoms with Gasteiger partial charge in [0.1, 0.15) is 23.6 Å². The molecule has 0 atom stereocenters. The van der Waals surface area contributed by atoms with Crippen LogP contribution in [0.2, 0.25) is 5.02 Å². The summed E-state index contributed by atoms with van der Waals surface area (Å²) < 4.78 is 6.84. The van der Waals surface area contributed by atoms with Crippen LogP contribution in [-0.4, -0.2) is 28.4 Å². The Morgan fingerprint density at radius 1 is 1.32 bits per heavy atom. The first-order valence-corrected chi connectivity index (χ1v) is 8.07. The van der Waals surface area contributed by atoms with Gasteiger partial charge in [0.25, 0.3) is 11.5 Å². The highest BCUT2D eigenvalue weighted by molar-refractivity contribution is 6.30. The Balaban J connectivity index is 1.63. The lowest BCUT2D eigenvalue weighted by atomic mass is 10.2. The van der Waals surface area contributed by atoms with E-state index < -0.39 is 11.5 Å². The van der Waals surface area contributed by atoms with E-state index in [1.54, 1.807) is 42.6 Å². The number of benzene rings is 1. The molecule has 1 amide bonds. The number of carbonyl (C=O) groups excluding carboxylic acids is 1. The van der Waals surface area contributed by atoms with Gasteiger partial charge in [-0.25, -0.2) is 4.98 Å². The van der Waals surface area contributed by atoms with Gasteiger partial charge < -0.3 is 10.1 Å². The average molecular weight is 358 g/mol. The van der Waals surface area contributed by atoms with Gasteiger partial charge in [0.05, 0.1) is 6.54 Å². The van der Waals surface area contributed by atoms with Gasteiger partial charge in [0.2, 0.25) is 0 Å². The van der Waals surface area contributed by atoms with E-state index in [4.69, 9.17) is 16.3 Å². The van der Waals surface area contributed by atoms with Crippen molar-refractivity contribution in [1.82, 2.24) is 14.7 Å². The van der Waals surface area contributed by atoms with Crippen LogP contribution in [0.5, 0.6) is 5.75 Å². The third-order valence-corrected chi connectivity index (χ3v) is 3.80. The largest absolute Gasteiger partial charge is 0.492 e. The van der Waals surface area contributed by atoms with E-state index in [1.165, 1.54) is 10.6 Å². The molecule has 128 valence electrons. The van der Waals surface area contributed by atoms with Crippen LogP contribution in [0.15, 0.2) is 53.6 Å². The molecule has 0 unspecified atom stereocenters. The number of ether oxygens (including phenoxy) is 1. The Kier molecular flexibility index (Phi) is 5.00. The highest BCUT2D eigenvalue weighted by Crippen LogP contribution is 2.16. The molecule has 0 bridgehead atoms. The van der Waals surface area contributed by atoms with Gasteiger partial charge >= 0.3 is 0 Å². The summed E-state index contributed by atoms with van der Waals surface area (Å²) in [6.45, 7) is 2.42. The van der Waals surface area contributed by atoms with Gasteiger partial charge in [0.15, 0.2) is 0 Å². The third kappa shape index (κ3) is 3.97. The van der Waals surface area contributed by atoms with Crippen LogP contribution < -0.4 is 15.6 Å². The zero-order valence-corrected chi connectivity index (χ0v) is 14.3. The molecule has 0 saturated heterocycles. The summed E-state index contributed by atoms with van der Waals surface area (Å²) in [6, 6.07) is 10.6. The normalized spacial score (nSPS) is 10.6. The highest BCUT2D eigenvalue weighted by atomic mass is 35.5. The standard InChI is InChI=1S/C18H16ClN3O3/c1-12-5-7-22-16(9-12)21-11-15(18(22)24)17(23)20-6-8-25-14-4-2-3-13(19)10-14/h2-5,7,9-11H,6,8H2,1H3,(H,20,23). The Labute approximate surface area is 149 Å². The molecule has 2 aromatic heterocycles. The van der Waals surface area contributed by atoms with Gasteiger partial charge in [0, 0.05) is 17.4 Å². The Morgan fingerprint density at radius 2 is 2.16 bits per heavy atom. The van der Waals surface area contributed by atoms with E-state index in [2.05, 4.69) is 10.3 Å². The minimum absolute atomic E-state index is 0.0101. The van der Waals surface area contributed by atoms with Crippen LogP contribution in [-0.2, 0) is 0 Å². The van der Waals surface area contributed by atoms with Gasteiger partial charge in [-0.1, -0.05) is 17.7 Å². The molecule has 0 radical (unpaired) electrons. The molecule has 6 nitrogen and oxygen atoms in total. The first-order chi connectivity index (χ1) is 12.0. The van der Waals surface area contributed by atoms with Crippen LogP contribution >= 0.6 is 11.6 Å². The fraction of sp³-hybridized carbons (Fsp3) is 0.167. The van der Waals surface area contributed by atoms with Crippen molar-refractivity contribution in [3.63, 3.8) is 0 Å². The van der Waals surface area contributed by atoms with Gasteiger partial charge in [-0.15, -0.1) is 0 Å². The number of pyridine rings is 1. The summed E-state index contributed by atoms with van der Waals surface area (Å²) in [4.78, 5) is 28.8. The molecule has 0 spiro atoms. The quantitative estimate of drug-likeness (QED) is 0.712. The number of halogens is 1. The number of aromatic nitrogens is 2. The Hall–Kier alpha value is -2.86. The van der Waals surface area contributed by atoms with Crippen molar-refractivity contribution in [3.8, 4) is 5.75 Å². The van der Waals surface area contributed by atoms with Crippen LogP contribution in [0, 0.1) is 6.92 Å². The summed E-state index contributed by atoms with van der Waals surface area (Å²) in [5.74, 6) is 0.131. The predicted molar refractivity (Wildman–Crippen MR) is 95.5 cm³/mol. The van der Waals surface area contributed by atoms with E-state index in [-0.39, 0.29) is 18.7 Å². The first kappa shape index (κ1) is 17.0. The molecule has 0 fully saturated rings. The maximum atomic E-state index is 12.4. The van der Waals surface area contributed by atoms with Crippen molar-refractivity contribution in [1.29, 1.82) is 0 Å². The second-order valence-electron chi connectivity index (χ2n) is 5.47. The molecule has 0 aliphatic rings. The number of nitrogens with one attached hydrogen (secondary N) is 1. The fourth-order valence-corrected chi connectivity index (χ4v) is 2.50. The molecule has 0 aliphatic heterocycles. The van der Waals surface area contributed by atoms with Crippen LogP contribution in [0.1, 0.15) is 15.9 Å². The fourth-order valence-electron chi connectivity index (χ4n) is 2.32. The topological polar surface area (TPSA) is 72.7 Å². The van der Waals surface area contributed by atoms with Gasteiger partial charge in [-0.05, 0) is 42.8 Å². The van der Waals surface area contributed by atoms with Crippen molar-refractivity contribution in [2.45, 2.75) is 6.92 Å². The number of fused-ring (bicyclic) bond motifs is 1. The summed E-state index contributed by atoms with van der Waals surface area (Å²) in [5.41, 5.74) is 1.08. The Morgan fingerprint density at radius 3 is 2.96 bits per heavy atom. The van der Waals surface area contributed by atoms with Crippen molar-refractivity contribution < 1.29 is 9.53 Å². The maximum absolute atomic E-state index is 12.4. The third-order valence-electron chi connectivity index (χ3n) is 3.56. The van der Waals surface area contributed by atoms with E-state index in [0.29, 0.717) is 16.4 Å². The zero-order chi connectivity index (χ0) is 17.8. The molecule has 25 heavy (non-hydrogen) atoms. The summed E-state index contributed by atoms with van der Waals surface area (Å²) in [7, 11) is 0. The zero-order valence-electron chi connectivity index (χ0n) is 13.5. The van der Waals surface area contributed by atoms with Crippen molar-refractivity contribution in [2.75, 3.05) is 13.2 Å². The Bertz CT molecular complexity index is 985. The highest BCUT2D eigenvalue weighted by Gasteiger charge is 2.12. The van der Waals surface area contributed by atoms with Gasteiger partial charge in [-0.2, -0.15) is 0 Å². The summed E-state index contributed by atoms with van der Waals surface area (Å²) >= 11 is 5.87. The molecule has 1 N–H and O–H groups in total. The molecule has 0 aliphatic carbocycles. The van der Waals surface area contributed by atoms with Crippen molar-refractivity contribution in [2.24, 2.45) is 0 Å². The van der Waals surface area contributed by atoms with E-state index in [0.717, 1.165) is 5.56 Å². The molecule has 1 aromatic carbocycles. The average Bonchev–Trinajstić information content (AvgIpc) is 2.59. The minimum Gasteiger partial charge on any atom is -0.492 e. The number of hydrogen-bond donors (Lipinski definition) is 1.